The zero-order valence-electron chi connectivity index (χ0n) is 22.6. The minimum Gasteiger partial charge on any atom is -0.465 e. The molecule has 0 aromatic carbocycles. The molecule has 1 saturated heterocycles. The zero-order chi connectivity index (χ0) is 30.0. The number of hydrogen-bond donors (Lipinski definition) is 0. The third-order valence-electron chi connectivity index (χ3n) is 5.44. The van der Waals surface area contributed by atoms with Crippen LogP contribution in [0.25, 0.3) is 0 Å². The number of rotatable bonds is 13. The number of nitrogens with zero attached hydrogens (tertiary/aromatic N) is 3. The molecule has 1 aliphatic rings. The largest absolute Gasteiger partial charge is 0.465 e. The predicted octanol–water partition coefficient (Wildman–Crippen LogP) is 1.71. The number of ether oxygens (including phenoxy) is 3. The highest BCUT2D eigenvalue weighted by Crippen LogP contribution is 2.24. The van der Waals surface area contributed by atoms with Gasteiger partial charge in [0.2, 0.25) is 17.7 Å². The van der Waals surface area contributed by atoms with Crippen molar-refractivity contribution in [1.82, 2.24) is 14.7 Å². The van der Waals surface area contributed by atoms with Gasteiger partial charge in [0.1, 0.15) is 19.8 Å². The number of amides is 3. The molecule has 1 rings (SSSR count). The van der Waals surface area contributed by atoms with Gasteiger partial charge < -0.3 is 28.9 Å². The van der Waals surface area contributed by atoms with Crippen LogP contribution >= 0.6 is 0 Å². The van der Waals surface area contributed by atoms with Crippen LogP contribution in [0.3, 0.4) is 0 Å². The summed E-state index contributed by atoms with van der Waals surface area (Å²) in [6.07, 6.45) is 6.20. The van der Waals surface area contributed by atoms with Gasteiger partial charge in [-0.1, -0.05) is 46.7 Å². The Balaban J connectivity index is 0.000000748. The summed E-state index contributed by atoms with van der Waals surface area (Å²) in [5.41, 5.74) is -0.790. The van der Waals surface area contributed by atoms with E-state index in [0.29, 0.717) is 6.42 Å². The Morgan fingerprint density at radius 3 is 1.21 bits per heavy atom. The molecule has 12 nitrogen and oxygen atoms in total. The van der Waals surface area contributed by atoms with Crippen LogP contribution in [-0.2, 0) is 43.0 Å². The van der Waals surface area contributed by atoms with Gasteiger partial charge in [-0.25, -0.2) is 9.59 Å². The molecule has 0 bridgehead atoms. The maximum Gasteiger partial charge on any atom is 0.330 e. The highest BCUT2D eigenvalue weighted by atomic mass is 16.6. The highest BCUT2D eigenvalue weighted by Gasteiger charge is 2.34. The molecule has 0 saturated carbocycles. The fraction of sp³-hybridized carbons (Fsp3) is 0.407. The summed E-state index contributed by atoms with van der Waals surface area (Å²) in [6, 6.07) is 0. The molecular formula is C27H37N3O9. The van der Waals surface area contributed by atoms with Crippen LogP contribution in [0, 0.1) is 5.41 Å². The van der Waals surface area contributed by atoms with Crippen LogP contribution in [0.5, 0.6) is 0 Å². The van der Waals surface area contributed by atoms with E-state index in [-0.39, 0.29) is 69.9 Å². The number of carbonyl (C=O) groups excluding carboxylic acids is 6. The molecule has 0 aromatic rings. The summed E-state index contributed by atoms with van der Waals surface area (Å²) in [5.74, 6) is -2.61. The van der Waals surface area contributed by atoms with Crippen molar-refractivity contribution >= 4 is 35.6 Å². The number of carbonyl (C=O) groups is 6. The molecule has 0 atom stereocenters. The van der Waals surface area contributed by atoms with E-state index in [1.807, 2.05) is 6.92 Å². The molecular weight excluding hydrogens is 510 g/mol. The average Bonchev–Trinajstić information content (AvgIpc) is 2.98. The Bertz CT molecular complexity index is 882. The molecule has 12 heteroatoms. The summed E-state index contributed by atoms with van der Waals surface area (Å²) in [6.45, 7) is 20.5. The van der Waals surface area contributed by atoms with Gasteiger partial charge in [0.25, 0.3) is 0 Å². The molecule has 3 amide bonds. The highest BCUT2D eigenvalue weighted by molar-refractivity contribution is 5.92. The first-order valence-electron chi connectivity index (χ1n) is 11.9. The van der Waals surface area contributed by atoms with Crippen LogP contribution < -0.4 is 0 Å². The monoisotopic (exact) mass is 547 g/mol. The standard InChI is InChI=1S/C15H22O6.C12H15N3O3/c1-5-12(16)19-9-15(8-4,10-20-13(17)6-2)11-21-14(18)7-3;1-4-10(16)13-7-14(11(17)5-2)9-15(8-13)12(18)6-3/h5-6H,1-2,7-11H2,3-4H3;4-6H,1-3,7-9H2. The van der Waals surface area contributed by atoms with Crippen molar-refractivity contribution in [1.29, 1.82) is 0 Å². The van der Waals surface area contributed by atoms with Gasteiger partial charge in [-0.2, -0.15) is 0 Å². The van der Waals surface area contributed by atoms with Crippen LogP contribution in [0.1, 0.15) is 26.7 Å². The summed E-state index contributed by atoms with van der Waals surface area (Å²) < 4.78 is 15.1. The molecule has 0 spiro atoms. The Labute approximate surface area is 228 Å². The van der Waals surface area contributed by atoms with Crippen LogP contribution in [0.2, 0.25) is 0 Å². The van der Waals surface area contributed by atoms with Crippen LogP contribution in [0.4, 0.5) is 0 Å². The molecule has 1 fully saturated rings. The molecule has 0 aliphatic carbocycles. The van der Waals surface area contributed by atoms with Gasteiger partial charge in [0.05, 0.1) is 25.4 Å². The van der Waals surface area contributed by atoms with Gasteiger partial charge in [-0.15, -0.1) is 0 Å². The molecule has 0 aromatic heterocycles. The number of hydrogen-bond acceptors (Lipinski definition) is 9. The summed E-state index contributed by atoms with van der Waals surface area (Å²) in [5, 5.41) is 0. The molecule has 1 aliphatic heterocycles. The zero-order valence-corrected chi connectivity index (χ0v) is 22.6. The fourth-order valence-corrected chi connectivity index (χ4v) is 2.89. The van der Waals surface area contributed by atoms with E-state index < -0.39 is 17.4 Å². The number of esters is 3. The summed E-state index contributed by atoms with van der Waals surface area (Å²) >= 11 is 0. The van der Waals surface area contributed by atoms with E-state index in [2.05, 4.69) is 32.9 Å². The molecule has 0 radical (unpaired) electrons. The second kappa shape index (κ2) is 17.9. The van der Waals surface area contributed by atoms with Gasteiger partial charge >= 0.3 is 17.9 Å². The lowest BCUT2D eigenvalue weighted by atomic mass is 9.88. The third kappa shape index (κ3) is 12.1. The lowest BCUT2D eigenvalue weighted by Gasteiger charge is -2.41. The quantitative estimate of drug-likeness (QED) is 0.191. The first kappa shape index (κ1) is 34.5. The normalized spacial score (nSPS) is 12.5. The average molecular weight is 548 g/mol. The molecule has 1 heterocycles. The van der Waals surface area contributed by atoms with Gasteiger partial charge in [-0.3, -0.25) is 19.2 Å². The first-order valence-corrected chi connectivity index (χ1v) is 11.9. The SMILES string of the molecule is C=CC(=O)N1CN(C(=O)C=C)CN(C(=O)C=C)C1.C=CC(=O)OCC(CC)(COC(=O)C=C)COC(=O)CC. The Morgan fingerprint density at radius 2 is 0.949 bits per heavy atom. The van der Waals surface area contributed by atoms with Crippen LogP contribution in [0.15, 0.2) is 63.3 Å². The Hall–Kier alpha value is -4.48. The Morgan fingerprint density at radius 1 is 0.615 bits per heavy atom. The van der Waals surface area contributed by atoms with E-state index in [0.717, 1.165) is 30.4 Å². The predicted molar refractivity (Wildman–Crippen MR) is 142 cm³/mol. The van der Waals surface area contributed by atoms with Crippen molar-refractivity contribution in [3.05, 3.63) is 63.3 Å². The molecule has 0 unspecified atom stereocenters. The molecule has 214 valence electrons. The van der Waals surface area contributed by atoms with E-state index in [1.165, 1.54) is 14.7 Å². The fourth-order valence-electron chi connectivity index (χ4n) is 2.89. The van der Waals surface area contributed by atoms with E-state index in [1.54, 1.807) is 6.92 Å². The lowest BCUT2D eigenvalue weighted by molar-refractivity contribution is -0.159. The topological polar surface area (TPSA) is 140 Å². The van der Waals surface area contributed by atoms with Gasteiger partial charge in [-0.05, 0) is 24.6 Å². The van der Waals surface area contributed by atoms with Crippen molar-refractivity contribution in [3.8, 4) is 0 Å². The van der Waals surface area contributed by atoms with Gasteiger partial charge in [0, 0.05) is 18.6 Å². The lowest BCUT2D eigenvalue weighted by Crippen LogP contribution is -2.58. The molecule has 39 heavy (non-hydrogen) atoms. The van der Waals surface area contributed by atoms with E-state index >= 15 is 0 Å². The Kier molecular flexibility index (Phi) is 15.8. The van der Waals surface area contributed by atoms with Crippen LogP contribution in [-0.4, -0.2) is 90.2 Å². The van der Waals surface area contributed by atoms with Crippen molar-refractivity contribution in [2.24, 2.45) is 5.41 Å². The van der Waals surface area contributed by atoms with Gasteiger partial charge in [0.15, 0.2) is 0 Å². The maximum atomic E-state index is 11.6. The van der Waals surface area contributed by atoms with Crippen molar-refractivity contribution in [2.75, 3.05) is 39.8 Å². The summed E-state index contributed by atoms with van der Waals surface area (Å²) in [7, 11) is 0. The second-order valence-electron chi connectivity index (χ2n) is 8.16. The van der Waals surface area contributed by atoms with Crippen molar-refractivity contribution < 1.29 is 43.0 Å². The summed E-state index contributed by atoms with van der Waals surface area (Å²) in [4.78, 5) is 72.4. The molecule has 0 N–H and O–H groups in total. The third-order valence-corrected chi connectivity index (χ3v) is 5.44. The van der Waals surface area contributed by atoms with E-state index in [9.17, 15) is 28.8 Å². The second-order valence-corrected chi connectivity index (χ2v) is 8.16. The van der Waals surface area contributed by atoms with Crippen molar-refractivity contribution in [2.45, 2.75) is 26.7 Å². The van der Waals surface area contributed by atoms with Crippen molar-refractivity contribution in [3.63, 3.8) is 0 Å². The van der Waals surface area contributed by atoms with E-state index in [4.69, 9.17) is 14.2 Å². The first-order chi connectivity index (χ1) is 18.5. The minimum absolute atomic E-state index is 0.00891. The maximum absolute atomic E-state index is 11.6. The minimum atomic E-state index is -0.790. The smallest absolute Gasteiger partial charge is 0.330 e.